The average Bonchev–Trinajstić information content (AvgIpc) is 2.49. The summed E-state index contributed by atoms with van der Waals surface area (Å²) in [4.78, 5) is 25.6. The Balaban J connectivity index is 2.21. The first kappa shape index (κ1) is 16.8. The van der Waals surface area contributed by atoms with E-state index >= 15 is 0 Å². The minimum absolute atomic E-state index is 0.145. The Kier molecular flexibility index (Phi) is 5.83. The molecule has 2 rings (SSSR count). The lowest BCUT2D eigenvalue weighted by Crippen LogP contribution is -2.45. The quantitative estimate of drug-likeness (QED) is 0.905. The van der Waals surface area contributed by atoms with Gasteiger partial charge in [0.25, 0.3) is 5.91 Å². The van der Waals surface area contributed by atoms with Gasteiger partial charge in [0.1, 0.15) is 5.82 Å². The summed E-state index contributed by atoms with van der Waals surface area (Å²) >= 11 is 1.51. The summed E-state index contributed by atoms with van der Waals surface area (Å²) in [6, 6.07) is 4.32. The number of rotatable bonds is 5. The molecule has 1 atom stereocenters. The molecule has 1 aliphatic rings. The van der Waals surface area contributed by atoms with Gasteiger partial charge in [-0.05, 0) is 49.3 Å². The minimum atomic E-state index is -0.396. The van der Waals surface area contributed by atoms with E-state index < -0.39 is 5.91 Å². The lowest BCUT2D eigenvalue weighted by atomic mass is 9.97. The third-order valence-electron chi connectivity index (χ3n) is 3.92. The van der Waals surface area contributed by atoms with E-state index in [0.717, 1.165) is 19.3 Å². The van der Waals surface area contributed by atoms with Crippen molar-refractivity contribution in [3.05, 3.63) is 35.1 Å². The molecule has 2 N–H and O–H groups in total. The number of likely N-dealkylation sites (tertiary alicyclic amines) is 1. The Morgan fingerprint density at radius 2 is 2.18 bits per heavy atom. The van der Waals surface area contributed by atoms with Crippen molar-refractivity contribution >= 4 is 23.6 Å². The zero-order valence-corrected chi connectivity index (χ0v) is 13.5. The number of nitrogens with zero attached hydrogens (tertiary/aromatic N) is 1. The summed E-state index contributed by atoms with van der Waals surface area (Å²) < 4.78 is 13.7. The number of thioether (sulfide) groups is 1. The molecule has 1 fully saturated rings. The number of halogens is 1. The summed E-state index contributed by atoms with van der Waals surface area (Å²) in [5, 5.41) is 0. The van der Waals surface area contributed by atoms with Crippen molar-refractivity contribution < 1.29 is 14.0 Å². The smallest absolute Gasteiger partial charge is 0.254 e. The molecule has 0 bridgehead atoms. The van der Waals surface area contributed by atoms with Crippen LogP contribution >= 0.6 is 11.8 Å². The van der Waals surface area contributed by atoms with Crippen molar-refractivity contribution in [2.45, 2.75) is 37.5 Å². The largest absolute Gasteiger partial charge is 0.370 e. The normalized spacial score (nSPS) is 18.3. The van der Waals surface area contributed by atoms with Crippen molar-refractivity contribution in [1.29, 1.82) is 0 Å². The number of benzene rings is 1. The van der Waals surface area contributed by atoms with Gasteiger partial charge in [0, 0.05) is 30.3 Å². The predicted octanol–water partition coefficient (Wildman–Crippen LogP) is 2.56. The highest BCUT2D eigenvalue weighted by atomic mass is 32.2. The molecule has 0 aromatic heterocycles. The molecular formula is C16H21FN2O2S. The number of nitrogens with two attached hydrogens (primary N) is 1. The van der Waals surface area contributed by atoms with Gasteiger partial charge in [-0.2, -0.15) is 11.8 Å². The fourth-order valence-electron chi connectivity index (χ4n) is 2.85. The Morgan fingerprint density at radius 1 is 1.41 bits per heavy atom. The lowest BCUT2D eigenvalue weighted by molar-refractivity contribution is -0.119. The van der Waals surface area contributed by atoms with Gasteiger partial charge in [0.15, 0.2) is 0 Å². The van der Waals surface area contributed by atoms with E-state index in [0.29, 0.717) is 23.4 Å². The fourth-order valence-corrected chi connectivity index (χ4v) is 3.38. The number of amides is 2. The zero-order chi connectivity index (χ0) is 16.1. The van der Waals surface area contributed by atoms with Crippen molar-refractivity contribution in [1.82, 2.24) is 4.90 Å². The van der Waals surface area contributed by atoms with Crippen LogP contribution in [0.2, 0.25) is 0 Å². The monoisotopic (exact) mass is 324 g/mol. The average molecular weight is 324 g/mol. The molecule has 0 radical (unpaired) electrons. The van der Waals surface area contributed by atoms with Crippen LogP contribution in [0.1, 0.15) is 41.6 Å². The Bertz CT molecular complexity index is 565. The van der Waals surface area contributed by atoms with Crippen molar-refractivity contribution in [2.75, 3.05) is 12.8 Å². The van der Waals surface area contributed by atoms with Gasteiger partial charge in [-0.3, -0.25) is 9.59 Å². The molecule has 1 heterocycles. The number of piperidine rings is 1. The molecule has 6 heteroatoms. The molecule has 22 heavy (non-hydrogen) atoms. The Hall–Kier alpha value is -1.56. The highest BCUT2D eigenvalue weighted by Crippen LogP contribution is 2.23. The first-order valence-corrected chi connectivity index (χ1v) is 8.79. The van der Waals surface area contributed by atoms with Crippen LogP contribution in [-0.2, 0) is 10.5 Å². The number of carbonyl (C=O) groups excluding carboxylic acids is 2. The van der Waals surface area contributed by atoms with Gasteiger partial charge in [-0.25, -0.2) is 4.39 Å². The predicted molar refractivity (Wildman–Crippen MR) is 86.1 cm³/mol. The molecule has 0 saturated carbocycles. The lowest BCUT2D eigenvalue weighted by Gasteiger charge is -2.35. The van der Waals surface area contributed by atoms with E-state index in [4.69, 9.17) is 5.73 Å². The van der Waals surface area contributed by atoms with Crippen LogP contribution < -0.4 is 5.73 Å². The summed E-state index contributed by atoms with van der Waals surface area (Å²) in [5.41, 5.74) is 6.28. The second kappa shape index (κ2) is 7.63. The van der Waals surface area contributed by atoms with Crippen LogP contribution in [0, 0.1) is 5.82 Å². The molecule has 2 amide bonds. The summed E-state index contributed by atoms with van der Waals surface area (Å²) in [6.45, 7) is 0.617. The van der Waals surface area contributed by atoms with Crippen molar-refractivity contribution in [3.63, 3.8) is 0 Å². The molecule has 0 aliphatic carbocycles. The van der Waals surface area contributed by atoms with Gasteiger partial charge in [0.2, 0.25) is 5.91 Å². The minimum Gasteiger partial charge on any atom is -0.370 e. The standard InChI is InChI=1S/C16H21FN2O2S/c1-22-10-12-8-11(5-6-14(12)17)16(21)19-7-3-2-4-13(19)9-15(18)20/h5-6,8,13H,2-4,7,9-10H2,1H3,(H2,18,20)/t13-/m0/s1. The number of primary amides is 1. The van der Waals surface area contributed by atoms with E-state index in [-0.39, 0.29) is 24.2 Å². The third-order valence-corrected chi connectivity index (χ3v) is 4.52. The van der Waals surface area contributed by atoms with Crippen LogP contribution in [0.15, 0.2) is 18.2 Å². The molecule has 120 valence electrons. The third kappa shape index (κ3) is 4.00. The Morgan fingerprint density at radius 3 is 2.86 bits per heavy atom. The number of hydrogen-bond acceptors (Lipinski definition) is 3. The highest BCUT2D eigenvalue weighted by molar-refractivity contribution is 7.97. The van der Waals surface area contributed by atoms with Crippen LogP contribution in [0.5, 0.6) is 0 Å². The molecule has 1 aromatic carbocycles. The Labute approximate surface area is 134 Å². The van der Waals surface area contributed by atoms with Crippen LogP contribution in [0.4, 0.5) is 4.39 Å². The maximum Gasteiger partial charge on any atom is 0.254 e. The number of carbonyl (C=O) groups is 2. The molecule has 0 unspecified atom stereocenters. The van der Waals surface area contributed by atoms with Crippen molar-refractivity contribution in [2.24, 2.45) is 5.73 Å². The molecule has 1 aliphatic heterocycles. The van der Waals surface area contributed by atoms with E-state index in [9.17, 15) is 14.0 Å². The van der Waals surface area contributed by atoms with Crippen LogP contribution in [0.25, 0.3) is 0 Å². The van der Waals surface area contributed by atoms with E-state index in [2.05, 4.69) is 0 Å². The van der Waals surface area contributed by atoms with Gasteiger partial charge in [-0.1, -0.05) is 0 Å². The van der Waals surface area contributed by atoms with Gasteiger partial charge in [0.05, 0.1) is 0 Å². The van der Waals surface area contributed by atoms with E-state index in [1.807, 2.05) is 6.26 Å². The maximum atomic E-state index is 13.7. The summed E-state index contributed by atoms with van der Waals surface area (Å²) in [6.07, 6.45) is 4.77. The van der Waals surface area contributed by atoms with Gasteiger partial charge < -0.3 is 10.6 Å². The summed E-state index contributed by atoms with van der Waals surface area (Å²) in [7, 11) is 0. The van der Waals surface area contributed by atoms with Gasteiger partial charge >= 0.3 is 0 Å². The van der Waals surface area contributed by atoms with Gasteiger partial charge in [-0.15, -0.1) is 0 Å². The maximum absolute atomic E-state index is 13.7. The molecule has 4 nitrogen and oxygen atoms in total. The molecular weight excluding hydrogens is 303 g/mol. The molecule has 0 spiro atoms. The number of hydrogen-bond donors (Lipinski definition) is 1. The zero-order valence-electron chi connectivity index (χ0n) is 12.7. The molecule has 1 saturated heterocycles. The highest BCUT2D eigenvalue weighted by Gasteiger charge is 2.28. The van der Waals surface area contributed by atoms with Crippen LogP contribution in [0.3, 0.4) is 0 Å². The SMILES string of the molecule is CSCc1cc(C(=O)N2CCCC[C@H]2CC(N)=O)ccc1F. The van der Waals surface area contributed by atoms with Crippen molar-refractivity contribution in [3.8, 4) is 0 Å². The summed E-state index contributed by atoms with van der Waals surface area (Å²) in [5.74, 6) is -0.309. The fraction of sp³-hybridized carbons (Fsp3) is 0.500. The topological polar surface area (TPSA) is 63.4 Å². The first-order valence-electron chi connectivity index (χ1n) is 7.39. The second-order valence-electron chi connectivity index (χ2n) is 5.56. The van der Waals surface area contributed by atoms with E-state index in [1.54, 1.807) is 11.0 Å². The van der Waals surface area contributed by atoms with E-state index in [1.165, 1.54) is 23.9 Å². The second-order valence-corrected chi connectivity index (χ2v) is 6.42. The molecule has 1 aromatic rings. The first-order chi connectivity index (χ1) is 10.5. The van der Waals surface area contributed by atoms with Crippen LogP contribution in [-0.4, -0.2) is 35.6 Å².